The van der Waals surface area contributed by atoms with Crippen molar-refractivity contribution in [3.8, 4) is 5.75 Å². The number of guanidine groups is 1. The molecule has 0 unspecified atom stereocenters. The van der Waals surface area contributed by atoms with E-state index in [1.54, 1.807) is 0 Å². The number of nitrogens with zero attached hydrogens (tertiary/aromatic N) is 2. The Hall–Kier alpha value is -1.71. The Labute approximate surface area is 121 Å². The molecule has 0 aromatic heterocycles. The first kappa shape index (κ1) is 14.7. The van der Waals surface area contributed by atoms with Crippen molar-refractivity contribution in [2.24, 2.45) is 4.99 Å². The van der Waals surface area contributed by atoms with Crippen LogP contribution in [-0.2, 0) is 5.41 Å². The summed E-state index contributed by atoms with van der Waals surface area (Å²) < 4.78 is 5.73. The Balaban J connectivity index is 1.74. The number of ether oxygens (including phenoxy) is 1. The van der Waals surface area contributed by atoms with Gasteiger partial charge in [0.1, 0.15) is 12.4 Å². The van der Waals surface area contributed by atoms with Crippen LogP contribution in [-0.4, -0.2) is 44.1 Å². The molecule has 1 aliphatic rings. The molecule has 0 bridgehead atoms. The molecule has 4 heteroatoms. The van der Waals surface area contributed by atoms with Crippen molar-refractivity contribution in [1.82, 2.24) is 10.2 Å². The summed E-state index contributed by atoms with van der Waals surface area (Å²) in [5.41, 5.74) is 1.51. The maximum Gasteiger partial charge on any atom is 0.193 e. The van der Waals surface area contributed by atoms with Crippen molar-refractivity contribution in [3.05, 3.63) is 29.8 Å². The summed E-state index contributed by atoms with van der Waals surface area (Å²) in [4.78, 5) is 6.50. The van der Waals surface area contributed by atoms with Gasteiger partial charge in [0.15, 0.2) is 5.96 Å². The molecule has 1 aliphatic heterocycles. The molecule has 0 atom stereocenters. The second kappa shape index (κ2) is 6.16. The molecule has 1 N–H and O–H groups in total. The highest BCUT2D eigenvalue weighted by molar-refractivity contribution is 5.81. The van der Waals surface area contributed by atoms with E-state index >= 15 is 0 Å². The molecule has 4 nitrogen and oxygen atoms in total. The van der Waals surface area contributed by atoms with Crippen LogP contribution in [0.5, 0.6) is 5.75 Å². The van der Waals surface area contributed by atoms with Crippen LogP contribution < -0.4 is 10.1 Å². The fourth-order valence-corrected chi connectivity index (χ4v) is 2.11. The zero-order chi connectivity index (χ0) is 14.6. The van der Waals surface area contributed by atoms with E-state index in [1.165, 1.54) is 5.56 Å². The number of hydrogen-bond acceptors (Lipinski definition) is 4. The van der Waals surface area contributed by atoms with E-state index < -0.39 is 0 Å². The molecule has 0 radical (unpaired) electrons. The molecule has 0 saturated heterocycles. The molecule has 0 spiro atoms. The zero-order valence-corrected chi connectivity index (χ0v) is 12.9. The summed E-state index contributed by atoms with van der Waals surface area (Å²) in [6, 6.07) is 8.36. The minimum absolute atomic E-state index is 0.186. The van der Waals surface area contributed by atoms with Gasteiger partial charge in [0.2, 0.25) is 0 Å². The van der Waals surface area contributed by atoms with Crippen molar-refractivity contribution in [1.29, 1.82) is 0 Å². The maximum absolute atomic E-state index is 5.73. The van der Waals surface area contributed by atoms with Gasteiger partial charge in [0, 0.05) is 13.6 Å². The lowest BCUT2D eigenvalue weighted by molar-refractivity contribution is 0.320. The average Bonchev–Trinajstić information content (AvgIpc) is 2.80. The summed E-state index contributed by atoms with van der Waals surface area (Å²) >= 11 is 0. The van der Waals surface area contributed by atoms with Gasteiger partial charge < -0.3 is 15.0 Å². The minimum atomic E-state index is 0.186. The van der Waals surface area contributed by atoms with Crippen LogP contribution in [0.1, 0.15) is 26.3 Å². The number of benzene rings is 1. The monoisotopic (exact) mass is 275 g/mol. The molecule has 0 fully saturated rings. The maximum atomic E-state index is 5.73. The molecular formula is C16H25N3O. The predicted molar refractivity (Wildman–Crippen MR) is 83.6 cm³/mol. The van der Waals surface area contributed by atoms with Crippen molar-refractivity contribution < 1.29 is 4.74 Å². The van der Waals surface area contributed by atoms with E-state index in [0.29, 0.717) is 6.61 Å². The Morgan fingerprint density at radius 1 is 1.25 bits per heavy atom. The van der Waals surface area contributed by atoms with Gasteiger partial charge in [-0.25, -0.2) is 0 Å². The summed E-state index contributed by atoms with van der Waals surface area (Å²) in [5.74, 6) is 1.89. The molecule has 0 amide bonds. The Kier molecular flexibility index (Phi) is 4.53. The molecule has 20 heavy (non-hydrogen) atoms. The van der Waals surface area contributed by atoms with E-state index in [2.05, 4.69) is 48.1 Å². The van der Waals surface area contributed by atoms with Gasteiger partial charge in [-0.15, -0.1) is 0 Å². The third kappa shape index (κ3) is 3.89. The van der Waals surface area contributed by atoms with E-state index in [4.69, 9.17) is 4.74 Å². The van der Waals surface area contributed by atoms with Gasteiger partial charge in [-0.05, 0) is 23.1 Å². The van der Waals surface area contributed by atoms with Gasteiger partial charge in [-0.3, -0.25) is 4.99 Å². The summed E-state index contributed by atoms with van der Waals surface area (Å²) in [6.45, 7) is 9.93. The SMILES string of the molecule is CN1CCN=C1NCCOc1ccc(C(C)(C)C)cc1. The Morgan fingerprint density at radius 3 is 2.50 bits per heavy atom. The third-order valence-corrected chi connectivity index (χ3v) is 3.43. The highest BCUT2D eigenvalue weighted by atomic mass is 16.5. The van der Waals surface area contributed by atoms with E-state index in [-0.39, 0.29) is 5.41 Å². The third-order valence-electron chi connectivity index (χ3n) is 3.43. The Bertz CT molecular complexity index is 460. The molecule has 2 rings (SSSR count). The fourth-order valence-electron chi connectivity index (χ4n) is 2.11. The van der Waals surface area contributed by atoms with Gasteiger partial charge in [0.25, 0.3) is 0 Å². The lowest BCUT2D eigenvalue weighted by Gasteiger charge is -2.19. The standard InChI is InChI=1S/C16H25N3O/c1-16(2,3)13-5-7-14(8-6-13)20-12-10-18-15-17-9-11-19(15)4/h5-8H,9-12H2,1-4H3,(H,17,18). The highest BCUT2D eigenvalue weighted by Crippen LogP contribution is 2.24. The number of rotatable bonds is 4. The van der Waals surface area contributed by atoms with E-state index in [9.17, 15) is 0 Å². The van der Waals surface area contributed by atoms with Gasteiger partial charge >= 0.3 is 0 Å². The highest BCUT2D eigenvalue weighted by Gasteiger charge is 2.13. The predicted octanol–water partition coefficient (Wildman–Crippen LogP) is 2.25. The average molecular weight is 275 g/mol. The van der Waals surface area contributed by atoms with E-state index in [0.717, 1.165) is 31.3 Å². The molecule has 0 aliphatic carbocycles. The van der Waals surface area contributed by atoms with Crippen molar-refractivity contribution in [2.75, 3.05) is 33.3 Å². The van der Waals surface area contributed by atoms with Crippen LogP contribution in [0.3, 0.4) is 0 Å². The normalized spacial score (nSPS) is 15.2. The topological polar surface area (TPSA) is 36.9 Å². The first-order valence-electron chi connectivity index (χ1n) is 7.19. The summed E-state index contributed by atoms with van der Waals surface area (Å²) in [6.07, 6.45) is 0. The summed E-state index contributed by atoms with van der Waals surface area (Å²) in [5, 5.41) is 3.29. The van der Waals surface area contributed by atoms with Gasteiger partial charge in [0.05, 0.1) is 13.1 Å². The first-order chi connectivity index (χ1) is 9.47. The van der Waals surface area contributed by atoms with E-state index in [1.807, 2.05) is 19.2 Å². The second-order valence-electron chi connectivity index (χ2n) is 6.18. The number of hydrogen-bond donors (Lipinski definition) is 1. The smallest absolute Gasteiger partial charge is 0.193 e. The van der Waals surface area contributed by atoms with Crippen molar-refractivity contribution in [2.45, 2.75) is 26.2 Å². The molecule has 110 valence electrons. The number of aliphatic imine (C=N–C) groups is 1. The minimum Gasteiger partial charge on any atom is -0.492 e. The lowest BCUT2D eigenvalue weighted by atomic mass is 9.87. The fraction of sp³-hybridized carbons (Fsp3) is 0.562. The van der Waals surface area contributed by atoms with Gasteiger partial charge in [-0.1, -0.05) is 32.9 Å². The van der Waals surface area contributed by atoms with Crippen LogP contribution in [0.25, 0.3) is 0 Å². The number of nitrogens with one attached hydrogen (secondary N) is 1. The molecule has 0 saturated carbocycles. The van der Waals surface area contributed by atoms with Crippen molar-refractivity contribution in [3.63, 3.8) is 0 Å². The lowest BCUT2D eigenvalue weighted by Crippen LogP contribution is -2.37. The largest absolute Gasteiger partial charge is 0.492 e. The van der Waals surface area contributed by atoms with Crippen molar-refractivity contribution >= 4 is 5.96 Å². The number of likely N-dealkylation sites (N-methyl/N-ethyl adjacent to an activating group) is 1. The summed E-state index contributed by atoms with van der Waals surface area (Å²) in [7, 11) is 2.05. The Morgan fingerprint density at radius 2 is 1.95 bits per heavy atom. The first-order valence-corrected chi connectivity index (χ1v) is 7.19. The van der Waals surface area contributed by atoms with Crippen LogP contribution in [0, 0.1) is 0 Å². The zero-order valence-electron chi connectivity index (χ0n) is 12.9. The second-order valence-corrected chi connectivity index (χ2v) is 6.18. The molecule has 1 aromatic rings. The molecule has 1 aromatic carbocycles. The van der Waals surface area contributed by atoms with Gasteiger partial charge in [-0.2, -0.15) is 0 Å². The molecule has 1 heterocycles. The quantitative estimate of drug-likeness (QED) is 0.856. The van der Waals surface area contributed by atoms with Crippen LogP contribution in [0.2, 0.25) is 0 Å². The molecular weight excluding hydrogens is 250 g/mol. The van der Waals surface area contributed by atoms with Crippen LogP contribution >= 0.6 is 0 Å². The van der Waals surface area contributed by atoms with Crippen LogP contribution in [0.15, 0.2) is 29.3 Å². The van der Waals surface area contributed by atoms with Crippen LogP contribution in [0.4, 0.5) is 0 Å².